The van der Waals surface area contributed by atoms with Crippen LogP contribution >= 0.6 is 15.9 Å². The molecule has 0 spiro atoms. The Morgan fingerprint density at radius 3 is 2.85 bits per heavy atom. The van der Waals surface area contributed by atoms with Crippen molar-refractivity contribution in [1.29, 1.82) is 0 Å². The molecule has 1 N–H and O–H groups in total. The molecule has 1 rings (SSSR count). The van der Waals surface area contributed by atoms with Crippen molar-refractivity contribution in [3.8, 4) is 0 Å². The van der Waals surface area contributed by atoms with Crippen LogP contribution in [-0.2, 0) is 0 Å². The number of nitrogens with zero attached hydrogens (tertiary/aromatic N) is 2. The lowest BCUT2D eigenvalue weighted by Gasteiger charge is -1.95. The summed E-state index contributed by atoms with van der Waals surface area (Å²) in [6, 6.07) is 4.43. The third-order valence-electron chi connectivity index (χ3n) is 1.37. The van der Waals surface area contributed by atoms with Gasteiger partial charge in [-0.25, -0.2) is 0 Å². The zero-order valence-corrected chi connectivity index (χ0v) is 7.93. The van der Waals surface area contributed by atoms with Gasteiger partial charge in [-0.2, -0.15) is 0 Å². The molecule has 0 heterocycles. The third-order valence-corrected chi connectivity index (χ3v) is 2.04. The average molecular weight is 245 g/mol. The highest BCUT2D eigenvalue weighted by molar-refractivity contribution is 9.10. The molecule has 0 aliphatic heterocycles. The van der Waals surface area contributed by atoms with Crippen molar-refractivity contribution in [3.63, 3.8) is 0 Å². The second-order valence-corrected chi connectivity index (χ2v) is 3.07. The fourth-order valence-electron chi connectivity index (χ4n) is 0.817. The van der Waals surface area contributed by atoms with Gasteiger partial charge in [-0.05, 0) is 22.0 Å². The predicted octanol–water partition coefficient (Wildman–Crippen LogP) is 2.17. The Labute approximate surface area is 82.0 Å². The minimum atomic E-state index is -0.515. The first-order valence-corrected chi connectivity index (χ1v) is 4.06. The van der Waals surface area contributed by atoms with E-state index in [0.29, 0.717) is 10.0 Å². The van der Waals surface area contributed by atoms with Crippen molar-refractivity contribution in [2.24, 2.45) is 5.16 Å². The first-order chi connectivity index (χ1) is 6.15. The summed E-state index contributed by atoms with van der Waals surface area (Å²) < 4.78 is 0.396. The Bertz CT molecular complexity index is 365. The Morgan fingerprint density at radius 2 is 2.31 bits per heavy atom. The van der Waals surface area contributed by atoms with Crippen molar-refractivity contribution in [3.05, 3.63) is 38.3 Å². The van der Waals surface area contributed by atoms with Crippen LogP contribution in [0.2, 0.25) is 0 Å². The molecule has 6 heteroatoms. The molecule has 13 heavy (non-hydrogen) atoms. The predicted molar refractivity (Wildman–Crippen MR) is 50.2 cm³/mol. The molecule has 0 aromatic heterocycles. The number of oxime groups is 1. The Morgan fingerprint density at radius 1 is 1.62 bits per heavy atom. The third kappa shape index (κ3) is 2.25. The van der Waals surface area contributed by atoms with Crippen molar-refractivity contribution in [1.82, 2.24) is 0 Å². The maximum absolute atomic E-state index is 10.4. The van der Waals surface area contributed by atoms with Crippen LogP contribution in [0.5, 0.6) is 0 Å². The molecule has 0 unspecified atom stereocenters. The van der Waals surface area contributed by atoms with Gasteiger partial charge >= 0.3 is 0 Å². The van der Waals surface area contributed by atoms with Crippen LogP contribution in [-0.4, -0.2) is 16.3 Å². The van der Waals surface area contributed by atoms with Gasteiger partial charge in [-0.3, -0.25) is 10.1 Å². The van der Waals surface area contributed by atoms with E-state index in [9.17, 15) is 10.1 Å². The van der Waals surface area contributed by atoms with Crippen LogP contribution in [0.3, 0.4) is 0 Å². The van der Waals surface area contributed by atoms with Gasteiger partial charge in [-0.1, -0.05) is 11.2 Å². The number of rotatable bonds is 2. The number of benzene rings is 1. The van der Waals surface area contributed by atoms with E-state index in [-0.39, 0.29) is 5.69 Å². The molecular formula is C7H5BrN2O3. The van der Waals surface area contributed by atoms with Gasteiger partial charge in [0, 0.05) is 11.6 Å². The van der Waals surface area contributed by atoms with Gasteiger partial charge < -0.3 is 5.21 Å². The monoisotopic (exact) mass is 244 g/mol. The number of nitro benzene ring substituents is 1. The van der Waals surface area contributed by atoms with Gasteiger partial charge in [-0.15, -0.1) is 0 Å². The second-order valence-electron chi connectivity index (χ2n) is 2.21. The molecule has 0 atom stereocenters. The summed E-state index contributed by atoms with van der Waals surface area (Å²) in [6.45, 7) is 0. The molecule has 0 saturated heterocycles. The molecule has 68 valence electrons. The Balaban J connectivity index is 3.18. The normalized spacial score (nSPS) is 10.5. The largest absolute Gasteiger partial charge is 0.411 e. The second kappa shape index (κ2) is 3.99. The average Bonchev–Trinajstić information content (AvgIpc) is 2.08. The molecule has 0 amide bonds. The van der Waals surface area contributed by atoms with E-state index in [0.717, 1.165) is 6.21 Å². The Kier molecular flexibility index (Phi) is 2.97. The SMILES string of the molecule is O=[N+]([O-])c1cc(/C=N/O)ccc1Br. The van der Waals surface area contributed by atoms with Crippen LogP contribution in [0.25, 0.3) is 0 Å². The molecule has 0 radical (unpaired) electrons. The number of halogens is 1. The summed E-state index contributed by atoms with van der Waals surface area (Å²) in [5.74, 6) is 0. The van der Waals surface area contributed by atoms with E-state index in [1.54, 1.807) is 6.07 Å². The fourth-order valence-corrected chi connectivity index (χ4v) is 1.21. The summed E-state index contributed by atoms with van der Waals surface area (Å²) in [6.07, 6.45) is 1.12. The van der Waals surface area contributed by atoms with E-state index in [1.807, 2.05) is 0 Å². The lowest BCUT2D eigenvalue weighted by molar-refractivity contribution is -0.385. The van der Waals surface area contributed by atoms with E-state index in [1.165, 1.54) is 12.1 Å². The van der Waals surface area contributed by atoms with Crippen molar-refractivity contribution >= 4 is 27.8 Å². The highest BCUT2D eigenvalue weighted by Crippen LogP contribution is 2.24. The van der Waals surface area contributed by atoms with Gasteiger partial charge in [0.1, 0.15) is 0 Å². The molecule has 5 nitrogen and oxygen atoms in total. The van der Waals surface area contributed by atoms with E-state index >= 15 is 0 Å². The van der Waals surface area contributed by atoms with Crippen molar-refractivity contribution < 1.29 is 10.1 Å². The van der Waals surface area contributed by atoms with Crippen molar-refractivity contribution in [2.45, 2.75) is 0 Å². The van der Waals surface area contributed by atoms with E-state index in [4.69, 9.17) is 5.21 Å². The lowest BCUT2D eigenvalue weighted by atomic mass is 10.2. The maximum atomic E-state index is 10.4. The van der Waals surface area contributed by atoms with Gasteiger partial charge in [0.2, 0.25) is 0 Å². The minimum Gasteiger partial charge on any atom is -0.411 e. The molecule has 0 saturated carbocycles. The summed E-state index contributed by atoms with van der Waals surface area (Å²) in [5.41, 5.74) is 0.412. The first kappa shape index (κ1) is 9.66. The number of hydrogen-bond acceptors (Lipinski definition) is 4. The topological polar surface area (TPSA) is 75.7 Å². The molecule has 1 aromatic rings. The number of hydrogen-bond donors (Lipinski definition) is 1. The maximum Gasteiger partial charge on any atom is 0.284 e. The quantitative estimate of drug-likeness (QED) is 0.375. The number of nitro groups is 1. The summed E-state index contributed by atoms with van der Waals surface area (Å²) >= 11 is 3.03. The summed E-state index contributed by atoms with van der Waals surface area (Å²) in [7, 11) is 0. The lowest BCUT2D eigenvalue weighted by Crippen LogP contribution is -1.91. The summed E-state index contributed by atoms with van der Waals surface area (Å²) in [4.78, 5) is 9.93. The van der Waals surface area contributed by atoms with Crippen LogP contribution in [0.15, 0.2) is 27.8 Å². The molecule has 0 aliphatic rings. The molecule has 0 aliphatic carbocycles. The highest BCUT2D eigenvalue weighted by Gasteiger charge is 2.11. The molecule has 0 fully saturated rings. The smallest absolute Gasteiger partial charge is 0.284 e. The van der Waals surface area contributed by atoms with Crippen molar-refractivity contribution in [2.75, 3.05) is 0 Å². The molecular weight excluding hydrogens is 240 g/mol. The van der Waals surface area contributed by atoms with Gasteiger partial charge in [0.15, 0.2) is 0 Å². The van der Waals surface area contributed by atoms with Gasteiger partial charge in [0.25, 0.3) is 5.69 Å². The zero-order valence-electron chi connectivity index (χ0n) is 6.35. The van der Waals surface area contributed by atoms with Crippen LogP contribution in [0.4, 0.5) is 5.69 Å². The minimum absolute atomic E-state index is 0.0580. The Hall–Kier alpha value is -1.43. The summed E-state index contributed by atoms with van der Waals surface area (Å²) in [5, 5.41) is 21.4. The molecule has 0 bridgehead atoms. The van der Waals surface area contributed by atoms with E-state index < -0.39 is 4.92 Å². The zero-order chi connectivity index (χ0) is 9.84. The fraction of sp³-hybridized carbons (Fsp3) is 0. The standard InChI is InChI=1S/C7H5BrN2O3/c8-6-2-1-5(4-9-11)3-7(6)10(12)13/h1-4,11H/b9-4+. The van der Waals surface area contributed by atoms with Crippen LogP contribution in [0, 0.1) is 10.1 Å². The first-order valence-electron chi connectivity index (χ1n) is 3.26. The van der Waals surface area contributed by atoms with E-state index in [2.05, 4.69) is 21.1 Å². The molecule has 1 aromatic carbocycles. The highest BCUT2D eigenvalue weighted by atomic mass is 79.9. The van der Waals surface area contributed by atoms with Crippen LogP contribution in [0.1, 0.15) is 5.56 Å². The van der Waals surface area contributed by atoms with Gasteiger partial charge in [0.05, 0.1) is 15.6 Å². The van der Waals surface area contributed by atoms with Crippen LogP contribution < -0.4 is 0 Å².